The molecule has 1 rings (SSSR count). The van der Waals surface area contributed by atoms with Gasteiger partial charge in [0.1, 0.15) is 12.6 Å². The molecule has 0 amide bonds. The van der Waals surface area contributed by atoms with Crippen LogP contribution in [0.4, 0.5) is 5.69 Å². The van der Waals surface area contributed by atoms with Crippen molar-refractivity contribution < 1.29 is 9.90 Å². The van der Waals surface area contributed by atoms with E-state index in [4.69, 9.17) is 10.4 Å². The van der Waals surface area contributed by atoms with Crippen LogP contribution in [0.1, 0.15) is 11.1 Å². The minimum absolute atomic E-state index is 0.147. The van der Waals surface area contributed by atoms with Crippen molar-refractivity contribution in [2.24, 2.45) is 0 Å². The first-order valence-corrected chi connectivity index (χ1v) is 5.17. The second-order valence-corrected chi connectivity index (χ2v) is 3.65. The number of anilines is 1. The Hall–Kier alpha value is -2.28. The number of hydrogen-bond acceptors (Lipinski definition) is 3. The molecule has 0 heterocycles. The Morgan fingerprint density at radius 2 is 2.35 bits per heavy atom. The second-order valence-electron chi connectivity index (χ2n) is 3.65. The van der Waals surface area contributed by atoms with E-state index in [0.717, 1.165) is 5.56 Å². The van der Waals surface area contributed by atoms with Gasteiger partial charge in [0.05, 0.1) is 11.3 Å². The molecule has 4 nitrogen and oxygen atoms in total. The van der Waals surface area contributed by atoms with Crippen molar-refractivity contribution in [3.8, 4) is 6.07 Å². The molecular formula is C13H14N2O2. The van der Waals surface area contributed by atoms with Crippen molar-refractivity contribution in [3.05, 3.63) is 42.0 Å². The fraction of sp³-hybridized carbons (Fsp3) is 0.231. The zero-order chi connectivity index (χ0) is 12.8. The van der Waals surface area contributed by atoms with Crippen molar-refractivity contribution in [1.29, 1.82) is 5.26 Å². The third kappa shape index (κ3) is 3.08. The smallest absolute Gasteiger partial charge is 0.323 e. The zero-order valence-corrected chi connectivity index (χ0v) is 9.68. The molecule has 0 aliphatic heterocycles. The predicted molar refractivity (Wildman–Crippen MR) is 65.9 cm³/mol. The van der Waals surface area contributed by atoms with E-state index >= 15 is 0 Å². The summed E-state index contributed by atoms with van der Waals surface area (Å²) in [5, 5.41) is 17.9. The third-order valence-electron chi connectivity index (χ3n) is 2.35. The van der Waals surface area contributed by atoms with Crippen molar-refractivity contribution in [3.63, 3.8) is 0 Å². The number of aryl methyl sites for hydroxylation is 1. The normalized spacial score (nSPS) is 9.41. The van der Waals surface area contributed by atoms with E-state index in [-0.39, 0.29) is 6.54 Å². The van der Waals surface area contributed by atoms with Gasteiger partial charge in [-0.25, -0.2) is 0 Å². The van der Waals surface area contributed by atoms with E-state index in [1.54, 1.807) is 23.1 Å². The van der Waals surface area contributed by atoms with Gasteiger partial charge in [-0.05, 0) is 18.6 Å². The van der Waals surface area contributed by atoms with Gasteiger partial charge in [-0.2, -0.15) is 5.26 Å². The van der Waals surface area contributed by atoms with Gasteiger partial charge in [0.15, 0.2) is 0 Å². The van der Waals surface area contributed by atoms with Crippen LogP contribution in [0.2, 0.25) is 0 Å². The average molecular weight is 230 g/mol. The van der Waals surface area contributed by atoms with Gasteiger partial charge in [-0.3, -0.25) is 4.79 Å². The van der Waals surface area contributed by atoms with Crippen molar-refractivity contribution in [1.82, 2.24) is 0 Å². The second kappa shape index (κ2) is 5.71. The Morgan fingerprint density at radius 1 is 1.65 bits per heavy atom. The lowest BCUT2D eigenvalue weighted by atomic mass is 10.1. The molecule has 17 heavy (non-hydrogen) atoms. The van der Waals surface area contributed by atoms with E-state index < -0.39 is 5.97 Å². The molecule has 0 bridgehead atoms. The molecule has 4 heteroatoms. The van der Waals surface area contributed by atoms with Crippen LogP contribution in [-0.4, -0.2) is 24.2 Å². The van der Waals surface area contributed by atoms with Gasteiger partial charge < -0.3 is 10.0 Å². The Morgan fingerprint density at radius 3 is 2.88 bits per heavy atom. The largest absolute Gasteiger partial charge is 0.480 e. The van der Waals surface area contributed by atoms with Crippen LogP contribution in [0.15, 0.2) is 30.9 Å². The maximum atomic E-state index is 10.8. The average Bonchev–Trinajstić information content (AvgIpc) is 2.27. The van der Waals surface area contributed by atoms with Crippen LogP contribution in [0.3, 0.4) is 0 Å². The summed E-state index contributed by atoms with van der Waals surface area (Å²) in [4.78, 5) is 12.4. The molecule has 88 valence electrons. The highest BCUT2D eigenvalue weighted by molar-refractivity contribution is 5.76. The summed E-state index contributed by atoms with van der Waals surface area (Å²) in [5.41, 5.74) is 2.03. The fourth-order valence-corrected chi connectivity index (χ4v) is 1.72. The van der Waals surface area contributed by atoms with Gasteiger partial charge in [0.2, 0.25) is 0 Å². The molecular weight excluding hydrogens is 216 g/mol. The van der Waals surface area contributed by atoms with Crippen LogP contribution in [0, 0.1) is 18.3 Å². The molecule has 0 aliphatic rings. The first-order valence-electron chi connectivity index (χ1n) is 5.17. The number of benzene rings is 1. The lowest BCUT2D eigenvalue weighted by molar-refractivity contribution is -0.135. The van der Waals surface area contributed by atoms with E-state index in [1.807, 2.05) is 13.0 Å². The van der Waals surface area contributed by atoms with Crippen molar-refractivity contribution in [2.75, 3.05) is 18.0 Å². The van der Waals surface area contributed by atoms with E-state index in [2.05, 4.69) is 12.6 Å². The summed E-state index contributed by atoms with van der Waals surface area (Å²) in [7, 11) is 0. The Balaban J connectivity index is 3.21. The number of carboxylic acid groups (broad SMARTS) is 1. The number of nitriles is 1. The molecule has 0 atom stereocenters. The van der Waals surface area contributed by atoms with E-state index in [1.165, 1.54) is 0 Å². The van der Waals surface area contributed by atoms with Crippen LogP contribution in [-0.2, 0) is 4.79 Å². The number of rotatable bonds is 5. The molecule has 0 saturated heterocycles. The van der Waals surface area contributed by atoms with Crippen LogP contribution in [0.25, 0.3) is 0 Å². The van der Waals surface area contributed by atoms with Crippen molar-refractivity contribution in [2.45, 2.75) is 6.92 Å². The molecule has 0 unspecified atom stereocenters. The zero-order valence-electron chi connectivity index (χ0n) is 9.68. The number of hydrogen-bond donors (Lipinski definition) is 1. The lowest BCUT2D eigenvalue weighted by Gasteiger charge is -2.24. The highest BCUT2D eigenvalue weighted by Gasteiger charge is 2.15. The number of para-hydroxylation sites is 1. The van der Waals surface area contributed by atoms with Crippen LogP contribution < -0.4 is 4.90 Å². The molecule has 1 aromatic carbocycles. The summed E-state index contributed by atoms with van der Waals surface area (Å²) in [6.45, 7) is 5.70. The van der Waals surface area contributed by atoms with Gasteiger partial charge >= 0.3 is 5.97 Å². The monoisotopic (exact) mass is 230 g/mol. The number of carbonyl (C=O) groups is 1. The SMILES string of the molecule is C=CCN(CC(=O)O)c1c(C)cccc1C#N. The molecule has 0 saturated carbocycles. The molecule has 0 aromatic heterocycles. The first kappa shape index (κ1) is 12.8. The van der Waals surface area contributed by atoms with Crippen molar-refractivity contribution >= 4 is 11.7 Å². The summed E-state index contributed by atoms with van der Waals surface area (Å²) in [6.07, 6.45) is 1.62. The summed E-state index contributed by atoms with van der Waals surface area (Å²) in [5.74, 6) is -0.931. The molecule has 0 spiro atoms. The first-order chi connectivity index (χ1) is 8.10. The van der Waals surface area contributed by atoms with E-state index in [9.17, 15) is 4.79 Å². The standard InChI is InChI=1S/C13H14N2O2/c1-3-7-15(9-12(16)17)13-10(2)5-4-6-11(13)8-14/h3-6H,1,7,9H2,2H3,(H,16,17). The Kier molecular flexibility index (Phi) is 4.29. The maximum absolute atomic E-state index is 10.8. The maximum Gasteiger partial charge on any atom is 0.323 e. The number of nitrogens with zero attached hydrogens (tertiary/aromatic N) is 2. The van der Waals surface area contributed by atoms with Crippen LogP contribution in [0.5, 0.6) is 0 Å². The molecule has 0 radical (unpaired) electrons. The lowest BCUT2D eigenvalue weighted by Crippen LogP contribution is -2.31. The predicted octanol–water partition coefficient (Wildman–Crippen LogP) is 1.94. The van der Waals surface area contributed by atoms with E-state index in [0.29, 0.717) is 17.8 Å². The summed E-state index contributed by atoms with van der Waals surface area (Å²) >= 11 is 0. The highest BCUT2D eigenvalue weighted by Crippen LogP contribution is 2.24. The Labute approximate surface area is 100 Å². The quantitative estimate of drug-likeness (QED) is 0.785. The third-order valence-corrected chi connectivity index (χ3v) is 2.35. The minimum atomic E-state index is -0.931. The molecule has 0 aliphatic carbocycles. The highest BCUT2D eigenvalue weighted by atomic mass is 16.4. The molecule has 1 N–H and O–H groups in total. The minimum Gasteiger partial charge on any atom is -0.480 e. The summed E-state index contributed by atoms with van der Waals surface area (Å²) < 4.78 is 0. The van der Waals surface area contributed by atoms with Gasteiger partial charge in [0.25, 0.3) is 0 Å². The number of carboxylic acids is 1. The molecule has 1 aromatic rings. The van der Waals surface area contributed by atoms with Gasteiger partial charge in [-0.15, -0.1) is 6.58 Å². The van der Waals surface area contributed by atoms with Crippen LogP contribution >= 0.6 is 0 Å². The van der Waals surface area contributed by atoms with Gasteiger partial charge in [0, 0.05) is 6.54 Å². The Bertz CT molecular complexity index is 475. The number of aliphatic carboxylic acids is 1. The summed E-state index contributed by atoms with van der Waals surface area (Å²) in [6, 6.07) is 7.40. The molecule has 0 fully saturated rings. The topological polar surface area (TPSA) is 64.3 Å². The fourth-order valence-electron chi connectivity index (χ4n) is 1.72. The van der Waals surface area contributed by atoms with Gasteiger partial charge in [-0.1, -0.05) is 18.2 Å².